The Morgan fingerprint density at radius 1 is 1.00 bits per heavy atom. The molecule has 0 aliphatic heterocycles. The summed E-state index contributed by atoms with van der Waals surface area (Å²) in [4.78, 5) is 0. The van der Waals surface area contributed by atoms with Gasteiger partial charge in [-0.3, -0.25) is 0 Å². The van der Waals surface area contributed by atoms with Gasteiger partial charge in [-0.05, 0) is 56.3 Å². The van der Waals surface area contributed by atoms with Gasteiger partial charge in [0.15, 0.2) is 0 Å². The van der Waals surface area contributed by atoms with Crippen molar-refractivity contribution >= 4 is 23.2 Å². The molecule has 1 N–H and O–H groups in total. The van der Waals surface area contributed by atoms with Gasteiger partial charge in [0.1, 0.15) is 11.5 Å². The van der Waals surface area contributed by atoms with Gasteiger partial charge < -0.3 is 10.1 Å². The zero-order valence-electron chi connectivity index (χ0n) is 11.8. The average Bonchev–Trinajstić information content (AvgIpc) is 2.37. The number of ether oxygens (including phenoxy) is 1. The molecule has 0 fully saturated rings. The van der Waals surface area contributed by atoms with Gasteiger partial charge in [0, 0.05) is 22.2 Å². The van der Waals surface area contributed by atoms with Crippen molar-refractivity contribution in [3.63, 3.8) is 0 Å². The summed E-state index contributed by atoms with van der Waals surface area (Å²) in [6.45, 7) is 4.69. The minimum atomic E-state index is 0.657. The number of hydrogen-bond acceptors (Lipinski definition) is 2. The fourth-order valence-corrected chi connectivity index (χ4v) is 2.62. The van der Waals surface area contributed by atoms with Crippen molar-refractivity contribution in [2.75, 3.05) is 7.05 Å². The molecule has 0 atom stereocenters. The molecule has 0 radical (unpaired) electrons. The van der Waals surface area contributed by atoms with E-state index in [1.165, 1.54) is 0 Å². The first-order valence-corrected chi connectivity index (χ1v) is 7.14. The first-order valence-electron chi connectivity index (χ1n) is 6.39. The minimum Gasteiger partial charge on any atom is -0.456 e. The quantitative estimate of drug-likeness (QED) is 0.846. The van der Waals surface area contributed by atoms with Crippen molar-refractivity contribution < 1.29 is 4.74 Å². The lowest BCUT2D eigenvalue weighted by Gasteiger charge is -2.15. The number of halogens is 2. The summed E-state index contributed by atoms with van der Waals surface area (Å²) >= 11 is 12.1. The normalized spacial score (nSPS) is 10.7. The highest BCUT2D eigenvalue weighted by atomic mass is 35.5. The van der Waals surface area contributed by atoms with Gasteiger partial charge in [-0.1, -0.05) is 29.3 Å². The summed E-state index contributed by atoms with van der Waals surface area (Å²) in [5.41, 5.74) is 3.07. The van der Waals surface area contributed by atoms with Crippen LogP contribution in [0.2, 0.25) is 10.0 Å². The van der Waals surface area contributed by atoms with Gasteiger partial charge in [-0.15, -0.1) is 0 Å². The van der Waals surface area contributed by atoms with E-state index >= 15 is 0 Å². The molecule has 0 aromatic heterocycles. The molecule has 0 saturated carbocycles. The van der Waals surface area contributed by atoms with Crippen LogP contribution in [0.4, 0.5) is 0 Å². The molecule has 0 aliphatic rings. The molecule has 2 rings (SSSR count). The van der Waals surface area contributed by atoms with Gasteiger partial charge in [0.25, 0.3) is 0 Å². The second kappa shape index (κ2) is 6.49. The van der Waals surface area contributed by atoms with E-state index in [9.17, 15) is 0 Å². The smallest absolute Gasteiger partial charge is 0.133 e. The molecule has 0 spiro atoms. The van der Waals surface area contributed by atoms with Crippen molar-refractivity contribution in [3.8, 4) is 11.5 Å². The van der Waals surface area contributed by atoms with Crippen LogP contribution in [0.5, 0.6) is 11.5 Å². The van der Waals surface area contributed by atoms with E-state index in [1.54, 1.807) is 0 Å². The van der Waals surface area contributed by atoms with Crippen LogP contribution in [-0.2, 0) is 6.54 Å². The first kappa shape index (κ1) is 15.2. The monoisotopic (exact) mass is 309 g/mol. The first-order chi connectivity index (χ1) is 9.51. The van der Waals surface area contributed by atoms with E-state index in [2.05, 4.69) is 5.32 Å². The zero-order valence-corrected chi connectivity index (χ0v) is 13.3. The Bertz CT molecular complexity index is 603. The van der Waals surface area contributed by atoms with Crippen LogP contribution in [0.15, 0.2) is 30.3 Å². The Labute approximate surface area is 129 Å². The summed E-state index contributed by atoms with van der Waals surface area (Å²) in [7, 11) is 1.90. The molecule has 0 heterocycles. The van der Waals surface area contributed by atoms with Gasteiger partial charge in [0.05, 0.1) is 0 Å². The fraction of sp³-hybridized carbons (Fsp3) is 0.250. The Balaban J connectivity index is 2.41. The molecule has 0 saturated heterocycles. The number of hydrogen-bond donors (Lipinski definition) is 1. The molecular weight excluding hydrogens is 293 g/mol. The Morgan fingerprint density at radius 3 is 2.25 bits per heavy atom. The lowest BCUT2D eigenvalue weighted by Crippen LogP contribution is -2.06. The van der Waals surface area contributed by atoms with Crippen LogP contribution in [-0.4, -0.2) is 7.05 Å². The standard InChI is InChI=1S/C16H17Cl2NO/c1-10-6-14(18)7-11(2)16(10)20-15-8-13(17)5-4-12(15)9-19-3/h4-8,19H,9H2,1-3H3. The van der Waals surface area contributed by atoms with Crippen LogP contribution < -0.4 is 10.1 Å². The Hall–Kier alpha value is -1.22. The minimum absolute atomic E-state index is 0.657. The van der Waals surface area contributed by atoms with Crippen molar-refractivity contribution in [1.82, 2.24) is 5.32 Å². The molecule has 2 nitrogen and oxygen atoms in total. The van der Waals surface area contributed by atoms with Crippen molar-refractivity contribution in [3.05, 3.63) is 57.1 Å². The van der Waals surface area contributed by atoms with Gasteiger partial charge in [-0.2, -0.15) is 0 Å². The fourth-order valence-electron chi connectivity index (χ4n) is 2.13. The maximum atomic E-state index is 6.08. The van der Waals surface area contributed by atoms with Gasteiger partial charge in [-0.25, -0.2) is 0 Å². The van der Waals surface area contributed by atoms with Gasteiger partial charge in [0.2, 0.25) is 0 Å². The number of benzene rings is 2. The summed E-state index contributed by atoms with van der Waals surface area (Å²) in [6, 6.07) is 9.46. The van der Waals surface area contributed by atoms with E-state index in [-0.39, 0.29) is 0 Å². The number of aryl methyl sites for hydroxylation is 2. The zero-order chi connectivity index (χ0) is 14.7. The molecule has 2 aromatic rings. The molecule has 0 bridgehead atoms. The van der Waals surface area contributed by atoms with Gasteiger partial charge >= 0.3 is 0 Å². The predicted octanol–water partition coefficient (Wildman–Crippen LogP) is 5.12. The van der Waals surface area contributed by atoms with Crippen molar-refractivity contribution in [1.29, 1.82) is 0 Å². The maximum Gasteiger partial charge on any atom is 0.133 e. The number of nitrogens with one attached hydrogen (secondary N) is 1. The maximum absolute atomic E-state index is 6.08. The summed E-state index contributed by atoms with van der Waals surface area (Å²) in [5.74, 6) is 1.59. The van der Waals surface area contributed by atoms with E-state index in [0.29, 0.717) is 10.0 Å². The highest BCUT2D eigenvalue weighted by Gasteiger charge is 2.10. The Morgan fingerprint density at radius 2 is 1.65 bits per heavy atom. The summed E-state index contributed by atoms with van der Waals surface area (Å²) < 4.78 is 6.08. The third kappa shape index (κ3) is 3.45. The molecule has 4 heteroatoms. The van der Waals surface area contributed by atoms with Crippen LogP contribution in [0, 0.1) is 13.8 Å². The average molecular weight is 310 g/mol. The SMILES string of the molecule is CNCc1ccc(Cl)cc1Oc1c(C)cc(Cl)cc1C. The lowest BCUT2D eigenvalue weighted by atomic mass is 10.1. The van der Waals surface area contributed by atoms with E-state index < -0.39 is 0 Å². The van der Waals surface area contributed by atoms with Crippen molar-refractivity contribution in [2.24, 2.45) is 0 Å². The summed E-state index contributed by atoms with van der Waals surface area (Å²) in [5, 5.41) is 4.50. The number of rotatable bonds is 4. The highest BCUT2D eigenvalue weighted by molar-refractivity contribution is 6.31. The highest BCUT2D eigenvalue weighted by Crippen LogP contribution is 2.34. The second-order valence-corrected chi connectivity index (χ2v) is 5.63. The topological polar surface area (TPSA) is 21.3 Å². The van der Waals surface area contributed by atoms with E-state index in [1.807, 2.05) is 51.2 Å². The third-order valence-electron chi connectivity index (χ3n) is 3.03. The van der Waals surface area contributed by atoms with Crippen LogP contribution in [0.1, 0.15) is 16.7 Å². The van der Waals surface area contributed by atoms with E-state index in [0.717, 1.165) is 34.7 Å². The van der Waals surface area contributed by atoms with Crippen LogP contribution >= 0.6 is 23.2 Å². The predicted molar refractivity (Wildman–Crippen MR) is 85.2 cm³/mol. The summed E-state index contributed by atoms with van der Waals surface area (Å²) in [6.07, 6.45) is 0. The second-order valence-electron chi connectivity index (χ2n) is 4.75. The van der Waals surface area contributed by atoms with Crippen LogP contribution in [0.25, 0.3) is 0 Å². The molecule has 106 valence electrons. The third-order valence-corrected chi connectivity index (χ3v) is 3.49. The molecule has 0 aliphatic carbocycles. The molecule has 2 aromatic carbocycles. The molecule has 0 unspecified atom stereocenters. The Kier molecular flexibility index (Phi) is 4.92. The van der Waals surface area contributed by atoms with E-state index in [4.69, 9.17) is 27.9 Å². The lowest BCUT2D eigenvalue weighted by molar-refractivity contribution is 0.467. The van der Waals surface area contributed by atoms with Crippen LogP contribution in [0.3, 0.4) is 0 Å². The molecular formula is C16H17Cl2NO. The molecule has 0 amide bonds. The molecule has 20 heavy (non-hydrogen) atoms. The largest absolute Gasteiger partial charge is 0.456 e. The van der Waals surface area contributed by atoms with Crippen molar-refractivity contribution in [2.45, 2.75) is 20.4 Å².